The van der Waals surface area contributed by atoms with Crippen LogP contribution in [0.3, 0.4) is 0 Å². The van der Waals surface area contributed by atoms with Gasteiger partial charge in [-0.3, -0.25) is 9.10 Å². The summed E-state index contributed by atoms with van der Waals surface area (Å²) < 4.78 is 27.5. The number of nitrogens with zero attached hydrogens (tertiary/aromatic N) is 1. The number of para-hydroxylation sites is 1. The first-order valence-electron chi connectivity index (χ1n) is 8.45. The first-order chi connectivity index (χ1) is 12.9. The molecule has 1 amide bonds. The fourth-order valence-corrected chi connectivity index (χ4v) is 5.85. The van der Waals surface area contributed by atoms with Crippen LogP contribution in [0, 0.1) is 0 Å². The molecule has 1 aliphatic rings. The fraction of sp³-hybridized carbons (Fsp3) is 0.150. The highest BCUT2D eigenvalue weighted by Crippen LogP contribution is 2.43. The van der Waals surface area contributed by atoms with Gasteiger partial charge in [0.1, 0.15) is 6.04 Å². The van der Waals surface area contributed by atoms with Crippen molar-refractivity contribution in [2.45, 2.75) is 22.8 Å². The molecule has 138 valence electrons. The van der Waals surface area contributed by atoms with Gasteiger partial charge in [-0.15, -0.1) is 11.8 Å². The molecular formula is C20H18N2O3S2. The molecule has 0 radical (unpaired) electrons. The summed E-state index contributed by atoms with van der Waals surface area (Å²) >= 11 is 1.52. The molecule has 27 heavy (non-hydrogen) atoms. The summed E-state index contributed by atoms with van der Waals surface area (Å²) in [5.41, 5.74) is 1.22. The number of hydrogen-bond acceptors (Lipinski definition) is 4. The van der Waals surface area contributed by atoms with Gasteiger partial charge in [0.15, 0.2) is 0 Å². The molecule has 1 aliphatic heterocycles. The van der Waals surface area contributed by atoms with Crippen LogP contribution < -0.4 is 9.62 Å². The Morgan fingerprint density at radius 3 is 2.48 bits per heavy atom. The molecule has 0 fully saturated rings. The van der Waals surface area contributed by atoms with Crippen LogP contribution >= 0.6 is 11.8 Å². The number of anilines is 2. The third-order valence-electron chi connectivity index (χ3n) is 4.71. The largest absolute Gasteiger partial charge is 0.323 e. The Morgan fingerprint density at radius 1 is 1.04 bits per heavy atom. The molecule has 3 aromatic rings. The van der Waals surface area contributed by atoms with Crippen molar-refractivity contribution >= 4 is 49.8 Å². The molecule has 3 aromatic carbocycles. The molecule has 0 aliphatic carbocycles. The van der Waals surface area contributed by atoms with Crippen LogP contribution in [0.1, 0.15) is 6.92 Å². The average molecular weight is 399 g/mol. The minimum atomic E-state index is -3.78. The van der Waals surface area contributed by atoms with E-state index in [4.69, 9.17) is 0 Å². The summed E-state index contributed by atoms with van der Waals surface area (Å²) in [4.78, 5) is 14.1. The van der Waals surface area contributed by atoms with E-state index in [1.165, 1.54) is 16.1 Å². The zero-order chi connectivity index (χ0) is 19.2. The molecule has 4 rings (SSSR count). The SMILES string of the molecule is CSc1ccccc1NC(=O)[C@@H](C)N1c2cccc3cccc(c23)S1(=O)=O. The Labute approximate surface area is 162 Å². The number of sulfonamides is 1. The van der Waals surface area contributed by atoms with E-state index in [2.05, 4.69) is 5.32 Å². The maximum Gasteiger partial charge on any atom is 0.265 e. The van der Waals surface area contributed by atoms with Gasteiger partial charge in [-0.1, -0.05) is 36.4 Å². The van der Waals surface area contributed by atoms with Crippen molar-refractivity contribution in [3.05, 3.63) is 60.7 Å². The average Bonchev–Trinajstić information content (AvgIpc) is 2.90. The monoisotopic (exact) mass is 398 g/mol. The molecule has 1 N–H and O–H groups in total. The second-order valence-electron chi connectivity index (χ2n) is 6.30. The molecule has 0 bridgehead atoms. The lowest BCUT2D eigenvalue weighted by molar-refractivity contribution is -0.116. The normalized spacial score (nSPS) is 15.7. The summed E-state index contributed by atoms with van der Waals surface area (Å²) in [5.74, 6) is -0.370. The minimum absolute atomic E-state index is 0.250. The molecule has 0 aromatic heterocycles. The Hall–Kier alpha value is -2.51. The van der Waals surface area contributed by atoms with Crippen LogP contribution in [0.5, 0.6) is 0 Å². The lowest BCUT2D eigenvalue weighted by atomic mass is 10.1. The summed E-state index contributed by atoms with van der Waals surface area (Å²) in [6.07, 6.45) is 1.93. The maximum atomic E-state index is 13.1. The zero-order valence-corrected chi connectivity index (χ0v) is 16.5. The number of nitrogens with one attached hydrogen (secondary N) is 1. The first kappa shape index (κ1) is 17.9. The van der Waals surface area contributed by atoms with Gasteiger partial charge in [0.2, 0.25) is 5.91 Å². The highest BCUT2D eigenvalue weighted by Gasteiger charge is 2.40. The van der Waals surface area contributed by atoms with Crippen LogP contribution in [-0.2, 0) is 14.8 Å². The van der Waals surface area contributed by atoms with Crippen LogP contribution in [-0.4, -0.2) is 26.6 Å². The Morgan fingerprint density at radius 2 is 1.74 bits per heavy atom. The van der Waals surface area contributed by atoms with Gasteiger partial charge in [-0.05, 0) is 42.8 Å². The number of carbonyl (C=O) groups is 1. The maximum absolute atomic E-state index is 13.1. The zero-order valence-electron chi connectivity index (χ0n) is 14.8. The van der Waals surface area contributed by atoms with Crippen molar-refractivity contribution in [2.75, 3.05) is 15.9 Å². The molecule has 0 spiro atoms. The number of hydrogen-bond donors (Lipinski definition) is 1. The molecule has 5 nitrogen and oxygen atoms in total. The highest BCUT2D eigenvalue weighted by molar-refractivity contribution is 7.98. The topological polar surface area (TPSA) is 66.5 Å². The summed E-state index contributed by atoms with van der Waals surface area (Å²) in [5, 5.41) is 4.38. The van der Waals surface area contributed by atoms with Crippen molar-refractivity contribution in [1.29, 1.82) is 0 Å². The number of benzene rings is 3. The van der Waals surface area contributed by atoms with Crippen molar-refractivity contribution in [1.82, 2.24) is 0 Å². The molecule has 1 heterocycles. The van der Waals surface area contributed by atoms with Crippen molar-refractivity contribution in [3.8, 4) is 0 Å². The molecule has 0 saturated heterocycles. The van der Waals surface area contributed by atoms with E-state index in [1.54, 1.807) is 25.1 Å². The number of amides is 1. The number of thioether (sulfide) groups is 1. The van der Waals surface area contributed by atoms with Crippen LogP contribution in [0.15, 0.2) is 70.5 Å². The van der Waals surface area contributed by atoms with E-state index in [-0.39, 0.29) is 10.8 Å². The molecule has 0 unspecified atom stereocenters. The second-order valence-corrected chi connectivity index (χ2v) is 8.93. The number of rotatable bonds is 4. The van der Waals surface area contributed by atoms with E-state index in [0.717, 1.165) is 10.3 Å². The van der Waals surface area contributed by atoms with Gasteiger partial charge in [0.25, 0.3) is 10.0 Å². The first-order valence-corrected chi connectivity index (χ1v) is 11.1. The molecule has 7 heteroatoms. The van der Waals surface area contributed by atoms with Crippen molar-refractivity contribution in [3.63, 3.8) is 0 Å². The number of carbonyl (C=O) groups excluding carboxylic acids is 1. The van der Waals surface area contributed by atoms with Crippen molar-refractivity contribution in [2.24, 2.45) is 0 Å². The van der Waals surface area contributed by atoms with Crippen molar-refractivity contribution < 1.29 is 13.2 Å². The van der Waals surface area contributed by atoms with Crippen LogP contribution in [0.2, 0.25) is 0 Å². The molecule has 0 saturated carbocycles. The summed E-state index contributed by atoms with van der Waals surface area (Å²) in [6, 6.07) is 17.2. The highest BCUT2D eigenvalue weighted by atomic mass is 32.2. The van der Waals surface area contributed by atoms with Gasteiger partial charge in [0.05, 0.1) is 16.3 Å². The quantitative estimate of drug-likeness (QED) is 0.672. The Balaban J connectivity index is 1.73. The summed E-state index contributed by atoms with van der Waals surface area (Å²) in [7, 11) is -3.78. The van der Waals surface area contributed by atoms with E-state index in [9.17, 15) is 13.2 Å². The second kappa shape index (κ2) is 6.58. The van der Waals surface area contributed by atoms with Crippen LogP contribution in [0.4, 0.5) is 11.4 Å². The summed E-state index contributed by atoms with van der Waals surface area (Å²) in [6.45, 7) is 1.61. The van der Waals surface area contributed by atoms with E-state index in [0.29, 0.717) is 16.8 Å². The van der Waals surface area contributed by atoms with Gasteiger partial charge < -0.3 is 5.32 Å². The lowest BCUT2D eigenvalue weighted by Gasteiger charge is -2.25. The third-order valence-corrected chi connectivity index (χ3v) is 7.44. The van der Waals surface area contributed by atoms with Gasteiger partial charge in [-0.25, -0.2) is 8.42 Å². The Kier molecular flexibility index (Phi) is 4.36. The predicted octanol–water partition coefficient (Wildman–Crippen LogP) is 4.10. The molecular weight excluding hydrogens is 380 g/mol. The van der Waals surface area contributed by atoms with Gasteiger partial charge in [0, 0.05) is 10.3 Å². The van der Waals surface area contributed by atoms with Crippen LogP contribution in [0.25, 0.3) is 10.8 Å². The van der Waals surface area contributed by atoms with E-state index < -0.39 is 16.1 Å². The molecule has 1 atom stereocenters. The standard InChI is InChI=1S/C20H18N2O3S2/c1-13(20(23)21-15-9-3-4-11-17(15)26-2)22-16-10-5-7-14-8-6-12-18(19(14)16)27(22,24)25/h3-13H,1-2H3,(H,21,23)/t13-/m1/s1. The lowest BCUT2D eigenvalue weighted by Crippen LogP contribution is -2.44. The fourth-order valence-electron chi connectivity index (χ4n) is 3.43. The third kappa shape index (κ3) is 2.78. The smallest absolute Gasteiger partial charge is 0.265 e. The minimum Gasteiger partial charge on any atom is -0.323 e. The van der Waals surface area contributed by atoms with Gasteiger partial charge >= 0.3 is 0 Å². The van der Waals surface area contributed by atoms with E-state index >= 15 is 0 Å². The van der Waals surface area contributed by atoms with E-state index in [1.807, 2.05) is 48.7 Å². The predicted molar refractivity (Wildman–Crippen MR) is 110 cm³/mol. The Bertz CT molecular complexity index is 1150. The van der Waals surface area contributed by atoms with Gasteiger partial charge in [-0.2, -0.15) is 0 Å².